The number of allylic oxidation sites excluding steroid dienone is 2. The second-order valence-corrected chi connectivity index (χ2v) is 2.26. The molecule has 0 atom stereocenters. The van der Waals surface area contributed by atoms with Gasteiger partial charge in [-0.1, -0.05) is 0 Å². The van der Waals surface area contributed by atoms with Crippen molar-refractivity contribution in [3.63, 3.8) is 0 Å². The fraction of sp³-hybridized carbons (Fsp3) is 0.455. The van der Waals surface area contributed by atoms with E-state index in [1.54, 1.807) is 29.9 Å². The molecule has 2 nitrogen and oxygen atoms in total. The Bertz CT molecular complexity index is 269. The van der Waals surface area contributed by atoms with Crippen molar-refractivity contribution in [1.82, 2.24) is 0 Å². The Balaban J connectivity index is 4.02. The molecule has 14 heavy (non-hydrogen) atoms. The van der Waals surface area contributed by atoms with E-state index < -0.39 is 6.29 Å². The van der Waals surface area contributed by atoms with E-state index in [9.17, 15) is 0 Å². The van der Waals surface area contributed by atoms with E-state index in [2.05, 4.69) is 22.4 Å². The van der Waals surface area contributed by atoms with Crippen LogP contribution in [0, 0.1) is 22.4 Å². The monoisotopic (exact) mass is 184 g/mol. The first-order valence-electron chi connectivity index (χ1n) is 4.66. The average molecular weight is 184 g/mol. The Kier molecular flexibility index (Phi) is 9.99. The first kappa shape index (κ1) is 13.4. The molecule has 0 spiro atoms. The molecule has 0 bridgehead atoms. The summed E-state index contributed by atoms with van der Waals surface area (Å²) < 4.78 is 13.2. The van der Waals surface area contributed by atoms with E-state index in [1.807, 2.05) is 13.8 Å². The molecule has 0 aliphatic rings. The molecule has 0 saturated heterocycles. The molecule has 3 heteroatoms. The zero-order valence-corrected chi connectivity index (χ0v) is 8.96. The SMILES string of the molecule is [Li][C]#CC=CC#CC(OCC)OCC. The molecule has 0 N–H and O–H groups in total. The predicted molar refractivity (Wildman–Crippen MR) is 57.5 cm³/mol. The number of ether oxygens (including phenoxy) is 2. The van der Waals surface area contributed by atoms with Crippen molar-refractivity contribution in [2.75, 3.05) is 13.2 Å². The predicted octanol–water partition coefficient (Wildman–Crippen LogP) is 1.07. The van der Waals surface area contributed by atoms with Crippen molar-refractivity contribution < 1.29 is 9.47 Å². The molecule has 0 radical (unpaired) electrons. The molecular weight excluding hydrogens is 171 g/mol. The maximum atomic E-state index is 5.22. The fourth-order valence-electron chi connectivity index (χ4n) is 0.717. The molecule has 0 aliphatic heterocycles. The van der Waals surface area contributed by atoms with Gasteiger partial charge in [0.05, 0.1) is 0 Å². The quantitative estimate of drug-likeness (QED) is 0.369. The summed E-state index contributed by atoms with van der Waals surface area (Å²) in [6.45, 7) is 5.01. The first-order chi connectivity index (χ1) is 6.85. The van der Waals surface area contributed by atoms with Crippen LogP contribution in [-0.4, -0.2) is 37.2 Å². The van der Waals surface area contributed by atoms with Crippen molar-refractivity contribution >= 4 is 17.7 Å². The van der Waals surface area contributed by atoms with Crippen LogP contribution in [0.25, 0.3) is 0 Å². The summed E-state index contributed by atoms with van der Waals surface area (Å²) in [6.07, 6.45) is 2.95. The van der Waals surface area contributed by atoms with E-state index in [1.165, 1.54) is 0 Å². The Hall–Kier alpha value is -0.623. The number of hydrogen-bond acceptors (Lipinski definition) is 2. The summed E-state index contributed by atoms with van der Waals surface area (Å²) in [5.41, 5.74) is 0. The van der Waals surface area contributed by atoms with Gasteiger partial charge in [-0.15, -0.1) is 0 Å². The summed E-state index contributed by atoms with van der Waals surface area (Å²) in [6, 6.07) is 0. The molecule has 0 amide bonds. The summed E-state index contributed by atoms with van der Waals surface area (Å²) in [4.78, 5) is 0. The van der Waals surface area contributed by atoms with Crippen molar-refractivity contribution in [2.45, 2.75) is 20.1 Å². The van der Waals surface area contributed by atoms with Gasteiger partial charge in [0.15, 0.2) is 0 Å². The summed E-state index contributed by atoms with van der Waals surface area (Å²) in [7, 11) is 0. The third-order valence-corrected chi connectivity index (χ3v) is 1.23. The first-order valence-corrected chi connectivity index (χ1v) is 4.66. The van der Waals surface area contributed by atoms with Crippen LogP contribution in [-0.2, 0) is 9.47 Å². The van der Waals surface area contributed by atoms with Crippen LogP contribution in [0.1, 0.15) is 13.8 Å². The molecule has 70 valence electrons. The van der Waals surface area contributed by atoms with E-state index in [0.717, 1.165) is 0 Å². The van der Waals surface area contributed by atoms with E-state index >= 15 is 0 Å². The Morgan fingerprint density at radius 2 is 1.71 bits per heavy atom. The van der Waals surface area contributed by atoms with Gasteiger partial charge in [-0.05, 0) is 0 Å². The number of rotatable bonds is 4. The van der Waals surface area contributed by atoms with Crippen LogP contribution >= 0.6 is 0 Å². The van der Waals surface area contributed by atoms with Crippen LogP contribution < -0.4 is 0 Å². The van der Waals surface area contributed by atoms with Crippen molar-refractivity contribution in [1.29, 1.82) is 0 Å². The van der Waals surface area contributed by atoms with Gasteiger partial charge in [0.2, 0.25) is 0 Å². The standard InChI is InChI=1S/C11H13O2.Li/c1-4-7-8-9-10-11(12-5-2)13-6-3;/h7-8,11H,5-6H2,2-3H3;. The second-order valence-electron chi connectivity index (χ2n) is 2.26. The maximum absolute atomic E-state index is 5.22. The summed E-state index contributed by atoms with van der Waals surface area (Å²) in [5.74, 6) is 8.41. The second kappa shape index (κ2) is 10.5. The third-order valence-electron chi connectivity index (χ3n) is 1.23. The third kappa shape index (κ3) is 8.00. The molecule has 0 heterocycles. The molecule has 0 fully saturated rings. The van der Waals surface area contributed by atoms with Gasteiger partial charge >= 0.3 is 95.0 Å². The van der Waals surface area contributed by atoms with Gasteiger partial charge in [0.1, 0.15) is 0 Å². The molecule has 0 unspecified atom stereocenters. The van der Waals surface area contributed by atoms with E-state index in [0.29, 0.717) is 13.2 Å². The molecule has 0 saturated carbocycles. The van der Waals surface area contributed by atoms with Crippen molar-refractivity contribution in [3.05, 3.63) is 12.2 Å². The van der Waals surface area contributed by atoms with Crippen LogP contribution in [0.15, 0.2) is 12.2 Å². The van der Waals surface area contributed by atoms with Gasteiger partial charge in [-0.3, -0.25) is 0 Å². The molecule has 0 aromatic heterocycles. The minimum atomic E-state index is -0.427. The molecule has 0 rings (SSSR count). The fourth-order valence-corrected chi connectivity index (χ4v) is 0.717. The summed E-state index contributed by atoms with van der Waals surface area (Å²) in [5, 5.41) is 0. The average Bonchev–Trinajstić information content (AvgIpc) is 2.18. The normalized spacial score (nSPS) is 9.50. The van der Waals surface area contributed by atoms with Gasteiger partial charge in [0, 0.05) is 0 Å². The van der Waals surface area contributed by atoms with E-state index in [4.69, 9.17) is 9.47 Å². The Morgan fingerprint density at radius 3 is 2.21 bits per heavy atom. The van der Waals surface area contributed by atoms with E-state index in [-0.39, 0.29) is 0 Å². The van der Waals surface area contributed by atoms with Gasteiger partial charge < -0.3 is 0 Å². The van der Waals surface area contributed by atoms with Crippen LogP contribution in [0.5, 0.6) is 0 Å². The zero-order valence-electron chi connectivity index (χ0n) is 8.96. The molecule has 0 aliphatic carbocycles. The van der Waals surface area contributed by atoms with Gasteiger partial charge in [-0.2, -0.15) is 0 Å². The van der Waals surface area contributed by atoms with Crippen LogP contribution in [0.3, 0.4) is 0 Å². The Labute approximate surface area is 95.2 Å². The van der Waals surface area contributed by atoms with Crippen LogP contribution in [0.2, 0.25) is 0 Å². The Morgan fingerprint density at radius 1 is 1.14 bits per heavy atom. The van der Waals surface area contributed by atoms with Crippen molar-refractivity contribution in [2.24, 2.45) is 0 Å². The molecule has 0 aromatic carbocycles. The topological polar surface area (TPSA) is 18.5 Å². The van der Waals surface area contributed by atoms with Crippen molar-refractivity contribution in [3.8, 4) is 22.4 Å². The number of hydrogen-bond donors (Lipinski definition) is 0. The molecule has 0 aromatic rings. The van der Waals surface area contributed by atoms with Gasteiger partial charge in [0.25, 0.3) is 0 Å². The molecular formula is C11H13LiO2. The zero-order chi connectivity index (χ0) is 10.6. The van der Waals surface area contributed by atoms with Gasteiger partial charge in [-0.25, -0.2) is 0 Å². The van der Waals surface area contributed by atoms with Crippen LogP contribution in [0.4, 0.5) is 0 Å². The minimum absolute atomic E-state index is 0.427. The summed E-state index contributed by atoms with van der Waals surface area (Å²) >= 11 is 1.78.